The van der Waals surface area contributed by atoms with Crippen molar-refractivity contribution in [3.63, 3.8) is 0 Å². The topological polar surface area (TPSA) is 77.1 Å². The minimum absolute atomic E-state index is 0.141. The van der Waals surface area contributed by atoms with Gasteiger partial charge in [0.2, 0.25) is 0 Å². The zero-order valence-corrected chi connectivity index (χ0v) is 13.8. The third-order valence-corrected chi connectivity index (χ3v) is 4.01. The van der Waals surface area contributed by atoms with E-state index in [1.165, 1.54) is 0 Å². The van der Waals surface area contributed by atoms with E-state index in [1.807, 2.05) is 19.1 Å². The molecule has 2 heterocycles. The lowest BCUT2D eigenvalue weighted by Crippen LogP contribution is -2.11. The predicted octanol–water partition coefficient (Wildman–Crippen LogP) is 3.14. The summed E-state index contributed by atoms with van der Waals surface area (Å²) in [4.78, 5) is 12.0. The fourth-order valence-electron chi connectivity index (χ4n) is 2.82. The highest BCUT2D eigenvalue weighted by atomic mass is 16.5. The molecule has 0 aliphatic carbocycles. The molecule has 1 atom stereocenters. The van der Waals surface area contributed by atoms with Crippen molar-refractivity contribution in [1.82, 2.24) is 9.78 Å². The average molecular weight is 325 g/mol. The van der Waals surface area contributed by atoms with Crippen LogP contribution >= 0.6 is 0 Å². The summed E-state index contributed by atoms with van der Waals surface area (Å²) < 4.78 is 12.3. The van der Waals surface area contributed by atoms with Crippen LogP contribution in [0.5, 0.6) is 5.75 Å². The van der Waals surface area contributed by atoms with Gasteiger partial charge in [-0.05, 0) is 43.7 Å². The van der Waals surface area contributed by atoms with Crippen molar-refractivity contribution in [2.24, 2.45) is 0 Å². The van der Waals surface area contributed by atoms with E-state index in [4.69, 9.17) is 14.7 Å². The Labute approximate surface area is 140 Å². The monoisotopic (exact) mass is 325 g/mol. The van der Waals surface area contributed by atoms with Gasteiger partial charge in [0.1, 0.15) is 5.75 Å². The SMILES string of the molecule is CCOC(=O)c1cc(-c2ccc3c(c2)CCO3)n(C(C)CC#N)n1. The van der Waals surface area contributed by atoms with E-state index in [-0.39, 0.29) is 11.7 Å². The summed E-state index contributed by atoms with van der Waals surface area (Å²) in [6.45, 7) is 4.65. The molecule has 124 valence electrons. The Morgan fingerprint density at radius 2 is 2.33 bits per heavy atom. The number of benzene rings is 1. The van der Waals surface area contributed by atoms with Gasteiger partial charge in [0, 0.05) is 12.0 Å². The lowest BCUT2D eigenvalue weighted by molar-refractivity contribution is 0.0518. The fraction of sp³-hybridized carbons (Fsp3) is 0.389. The second-order valence-corrected chi connectivity index (χ2v) is 5.71. The van der Waals surface area contributed by atoms with E-state index < -0.39 is 5.97 Å². The van der Waals surface area contributed by atoms with Gasteiger partial charge in [-0.2, -0.15) is 10.4 Å². The van der Waals surface area contributed by atoms with Crippen LogP contribution in [0.2, 0.25) is 0 Å². The maximum Gasteiger partial charge on any atom is 0.358 e. The minimum atomic E-state index is -0.453. The van der Waals surface area contributed by atoms with Crippen LogP contribution in [0.4, 0.5) is 0 Å². The summed E-state index contributed by atoms with van der Waals surface area (Å²) in [7, 11) is 0. The first kappa shape index (κ1) is 16.1. The smallest absolute Gasteiger partial charge is 0.358 e. The van der Waals surface area contributed by atoms with Crippen LogP contribution in [-0.2, 0) is 11.2 Å². The van der Waals surface area contributed by atoms with Gasteiger partial charge in [0.05, 0.1) is 37.4 Å². The van der Waals surface area contributed by atoms with E-state index >= 15 is 0 Å². The summed E-state index contributed by atoms with van der Waals surface area (Å²) in [5.41, 5.74) is 3.15. The highest BCUT2D eigenvalue weighted by molar-refractivity contribution is 5.88. The van der Waals surface area contributed by atoms with Gasteiger partial charge in [-0.15, -0.1) is 0 Å². The van der Waals surface area contributed by atoms with E-state index in [1.54, 1.807) is 17.7 Å². The number of carbonyl (C=O) groups excluding carboxylic acids is 1. The van der Waals surface area contributed by atoms with Crippen LogP contribution < -0.4 is 4.74 Å². The molecule has 0 saturated carbocycles. The van der Waals surface area contributed by atoms with Crippen LogP contribution in [0, 0.1) is 11.3 Å². The number of aromatic nitrogens is 2. The Hall–Kier alpha value is -2.81. The Kier molecular flexibility index (Phi) is 4.52. The zero-order valence-electron chi connectivity index (χ0n) is 13.8. The molecule has 6 nitrogen and oxygen atoms in total. The van der Waals surface area contributed by atoms with Crippen LogP contribution in [-0.4, -0.2) is 29.0 Å². The Morgan fingerprint density at radius 3 is 3.08 bits per heavy atom. The van der Waals surface area contributed by atoms with E-state index in [9.17, 15) is 4.79 Å². The van der Waals surface area contributed by atoms with Crippen LogP contribution in [0.15, 0.2) is 24.3 Å². The number of carbonyl (C=O) groups is 1. The number of nitriles is 1. The van der Waals surface area contributed by atoms with Crippen molar-refractivity contribution in [3.8, 4) is 23.1 Å². The fourth-order valence-corrected chi connectivity index (χ4v) is 2.82. The van der Waals surface area contributed by atoms with Crippen molar-refractivity contribution < 1.29 is 14.3 Å². The number of fused-ring (bicyclic) bond motifs is 1. The maximum atomic E-state index is 12.0. The predicted molar refractivity (Wildman–Crippen MR) is 87.8 cm³/mol. The van der Waals surface area contributed by atoms with Crippen molar-refractivity contribution in [3.05, 3.63) is 35.5 Å². The molecule has 1 aliphatic heterocycles. The molecule has 6 heteroatoms. The third kappa shape index (κ3) is 2.98. The molecular formula is C18H19N3O3. The molecule has 0 radical (unpaired) electrons. The van der Waals surface area contributed by atoms with Crippen LogP contribution in [0.3, 0.4) is 0 Å². The van der Waals surface area contributed by atoms with E-state index in [0.717, 1.165) is 29.0 Å². The van der Waals surface area contributed by atoms with Gasteiger partial charge >= 0.3 is 5.97 Å². The van der Waals surface area contributed by atoms with Crippen molar-refractivity contribution >= 4 is 5.97 Å². The molecular weight excluding hydrogens is 306 g/mol. The normalized spacial score (nSPS) is 13.7. The molecule has 1 aromatic carbocycles. The third-order valence-electron chi connectivity index (χ3n) is 4.01. The Morgan fingerprint density at radius 1 is 1.50 bits per heavy atom. The van der Waals surface area contributed by atoms with Gasteiger partial charge < -0.3 is 9.47 Å². The highest BCUT2D eigenvalue weighted by Crippen LogP contribution is 2.32. The van der Waals surface area contributed by atoms with E-state index in [0.29, 0.717) is 19.6 Å². The lowest BCUT2D eigenvalue weighted by Gasteiger charge is -2.13. The number of nitrogens with zero attached hydrogens (tertiary/aromatic N) is 3. The van der Waals surface area contributed by atoms with Gasteiger partial charge in [0.25, 0.3) is 0 Å². The van der Waals surface area contributed by atoms with Crippen LogP contribution in [0.1, 0.15) is 42.4 Å². The zero-order chi connectivity index (χ0) is 17.1. The lowest BCUT2D eigenvalue weighted by atomic mass is 10.1. The molecule has 0 spiro atoms. The molecule has 0 saturated heterocycles. The van der Waals surface area contributed by atoms with Crippen molar-refractivity contribution in [1.29, 1.82) is 5.26 Å². The first-order valence-electron chi connectivity index (χ1n) is 8.03. The van der Waals surface area contributed by atoms with Gasteiger partial charge in [0.15, 0.2) is 5.69 Å². The molecule has 2 aromatic rings. The molecule has 0 bridgehead atoms. The summed E-state index contributed by atoms with van der Waals surface area (Å²) in [5, 5.41) is 13.4. The summed E-state index contributed by atoms with van der Waals surface area (Å²) in [5.74, 6) is 0.451. The molecule has 1 aromatic heterocycles. The Bertz CT molecular complexity index is 804. The van der Waals surface area contributed by atoms with Gasteiger partial charge in [-0.25, -0.2) is 4.79 Å². The largest absolute Gasteiger partial charge is 0.493 e. The molecule has 24 heavy (non-hydrogen) atoms. The number of hydrogen-bond donors (Lipinski definition) is 0. The molecule has 1 aliphatic rings. The molecule has 0 amide bonds. The Balaban J connectivity index is 2.04. The summed E-state index contributed by atoms with van der Waals surface area (Å²) in [6.07, 6.45) is 1.18. The molecule has 0 N–H and O–H groups in total. The van der Waals surface area contributed by atoms with Crippen LogP contribution in [0.25, 0.3) is 11.3 Å². The van der Waals surface area contributed by atoms with Crippen molar-refractivity contribution in [2.45, 2.75) is 32.7 Å². The summed E-state index contributed by atoms with van der Waals surface area (Å²) >= 11 is 0. The molecule has 0 fully saturated rings. The standard InChI is InChI=1S/C18H19N3O3/c1-3-23-18(22)15-11-16(21(20-15)12(2)6-8-19)13-4-5-17-14(10-13)7-9-24-17/h4-5,10-12H,3,6-7,9H2,1-2H3. The highest BCUT2D eigenvalue weighted by Gasteiger charge is 2.21. The second-order valence-electron chi connectivity index (χ2n) is 5.71. The van der Waals surface area contributed by atoms with Gasteiger partial charge in [-0.3, -0.25) is 4.68 Å². The second kappa shape index (κ2) is 6.75. The minimum Gasteiger partial charge on any atom is -0.493 e. The summed E-state index contributed by atoms with van der Waals surface area (Å²) in [6, 6.07) is 9.69. The van der Waals surface area contributed by atoms with Crippen molar-refractivity contribution in [2.75, 3.05) is 13.2 Å². The molecule has 3 rings (SSSR count). The quantitative estimate of drug-likeness (QED) is 0.789. The maximum absolute atomic E-state index is 12.0. The first-order chi connectivity index (χ1) is 11.6. The number of hydrogen-bond acceptors (Lipinski definition) is 5. The number of esters is 1. The molecule has 1 unspecified atom stereocenters. The first-order valence-corrected chi connectivity index (χ1v) is 8.03. The van der Waals surface area contributed by atoms with E-state index in [2.05, 4.69) is 17.2 Å². The average Bonchev–Trinajstić information content (AvgIpc) is 3.21. The number of ether oxygens (including phenoxy) is 2. The number of rotatable bonds is 5. The van der Waals surface area contributed by atoms with Gasteiger partial charge in [-0.1, -0.05) is 0 Å².